The topological polar surface area (TPSA) is 0 Å². The molecule has 0 aromatic heterocycles. The Balaban J connectivity index is 0.000000108. The molecular formula is C134H240. The molecule has 0 radical (unpaired) electrons. The Bertz CT molecular complexity index is 2470. The van der Waals surface area contributed by atoms with Crippen LogP contribution in [0.25, 0.3) is 0 Å². The molecule has 0 aliphatic heterocycles. The molecule has 134 heavy (non-hydrogen) atoms. The van der Waals surface area contributed by atoms with Crippen molar-refractivity contribution in [2.45, 2.75) is 687 Å². The zero-order chi connectivity index (χ0) is 91.2. The minimum absolute atomic E-state index is 0.858. The van der Waals surface area contributed by atoms with Crippen LogP contribution in [0.2, 0.25) is 0 Å². The fourth-order valence-corrected chi connectivity index (χ4v) is 34.7. The summed E-state index contributed by atoms with van der Waals surface area (Å²) in [5.74, 6) is 30.7. The smallest absolute Gasteiger partial charge is 0.0297 e. The molecule has 0 saturated heterocycles. The summed E-state index contributed by atoms with van der Waals surface area (Å²) in [7, 11) is 0. The van der Waals surface area contributed by atoms with Crippen LogP contribution in [0.1, 0.15) is 687 Å². The van der Waals surface area contributed by atoms with Crippen molar-refractivity contribution in [1.82, 2.24) is 0 Å². The molecule has 0 N–H and O–H groups in total. The maximum Gasteiger partial charge on any atom is -0.0297 e. The predicted molar refractivity (Wildman–Crippen MR) is 587 cm³/mol. The second kappa shape index (κ2) is 63.5. The standard InChI is InChI=1S/C11H20.C10H16.2C10H18.3C8H14.C8H16.2C7H12.C7H14.2C6H10.C6H12.2C5H8.C5H10.C4H8.C3H6/c1-3-7-11(8-4-1)9-5-2-6-10-11;1-7-2-9-4-8(1)5-10(3-7)6-9;2*1-2-6-10-8-4-3-7-9(10)5-1;1-3-7-5-2-6-8(7)4-1;1-2-8-5-3-7(1)4-6-8;1-2-4-8-6-5-7(8)3-1;1-2-4-6-8-7-5-3-1;1-2-7-4-3-6(1)5-7;1-2-6-4-7(3-1)5-6;1-2-4-6-7-5-3-1;1-2-6-3-5(1)4-6;1-2-5-4-6(5)3-1;1-2-4-6-5-3-1;1-4-2-5(1)3-4;1-2-5-3-4(1)5;1-2-4-5-3-1;1-2-4-3-1;1-2-3-1/h1-10H2;7-10H,1-6H2;2*9-10H,1-8H2;3*7-8H,1-6H2;1-8H2;2*6-7H,1-5H2;1-7H2;2*5-6H,1-4H2;1-6H2;2*4-5H,1-3H2;1-5H2;1-4H2;1-3H2/t;;;;;;7-,8+;;;;;;5-,6+;;;4-,5+;;;. The first-order chi connectivity index (χ1) is 66.4. The quantitative estimate of drug-likeness (QED) is 0.212. The SMILES string of the molecule is C1C2CC1C2.C1C2CC3CC1CC(C2)C3.C1CC1.C1CC2CC(C1)C2.C1CC2CC1C2.C1CC2CCC1C2.C1CC2CCC1CC2.C1CC2CCCC2C1.C1CCC1.C1CCC2(CC1)CCCCC2.C1CCC2CCCCC2C1.C1CCC2CCCCC2C1.C1CCCC1.C1CCCCC1.C1CCCCCC1.C1CCCCCCC1.C1CC[C@H]2CC[C@H]2C1.C1C[C@@H]2C[C@@H]2C1.C1C[C@H]2C[C@@H]12. The Hall–Kier alpha value is 0. The third-order valence-electron chi connectivity index (χ3n) is 45.2. The molecule has 38 aliphatic rings. The zero-order valence-corrected chi connectivity index (χ0v) is 91.2. The van der Waals surface area contributed by atoms with Crippen LogP contribution >= 0.6 is 0 Å². The monoisotopic (exact) mass is 1850 g/mol. The molecule has 6 atom stereocenters. The van der Waals surface area contributed by atoms with E-state index in [2.05, 4.69) is 0 Å². The van der Waals surface area contributed by atoms with Gasteiger partial charge in [0.1, 0.15) is 0 Å². The normalized spacial score (nSPS) is 40.8. The first-order valence-corrected chi connectivity index (χ1v) is 66.4. The summed E-state index contributed by atoms with van der Waals surface area (Å²) in [6, 6.07) is 0. The summed E-state index contributed by atoms with van der Waals surface area (Å²) in [4.78, 5) is 0. The van der Waals surface area contributed by atoms with E-state index in [0.29, 0.717) is 0 Å². The van der Waals surface area contributed by atoms with Crippen LogP contribution in [0.3, 0.4) is 0 Å². The van der Waals surface area contributed by atoms with Gasteiger partial charge in [-0.15, -0.1) is 0 Å². The molecule has 776 valence electrons. The first kappa shape index (κ1) is 108. The van der Waals surface area contributed by atoms with Crippen molar-refractivity contribution in [3.63, 3.8) is 0 Å². The fraction of sp³-hybridized carbons (Fsp3) is 1.00. The maximum absolute atomic E-state index is 1.60. The highest BCUT2D eigenvalue weighted by molar-refractivity contribution is 4.97. The average molecular weight is 1850 g/mol. The van der Waals surface area contributed by atoms with E-state index in [1.54, 1.807) is 347 Å². The van der Waals surface area contributed by atoms with Crippen molar-refractivity contribution < 1.29 is 0 Å². The molecule has 0 amide bonds. The molecule has 0 unspecified atom stereocenters. The van der Waals surface area contributed by atoms with E-state index in [0.717, 1.165) is 40.9 Å². The third kappa shape index (κ3) is 41.4. The van der Waals surface area contributed by atoms with Crippen molar-refractivity contribution in [3.8, 4) is 0 Å². The van der Waals surface area contributed by atoms with Gasteiger partial charge in [0.2, 0.25) is 0 Å². The van der Waals surface area contributed by atoms with Gasteiger partial charge in [0.25, 0.3) is 0 Å². The van der Waals surface area contributed by atoms with Gasteiger partial charge >= 0.3 is 0 Å². The van der Waals surface area contributed by atoms with Crippen molar-refractivity contribution in [2.24, 2.45) is 159 Å². The fourth-order valence-electron chi connectivity index (χ4n) is 34.7. The number of fused-ring (bicyclic) bond motifs is 14. The number of rotatable bonds is 0. The lowest BCUT2D eigenvalue weighted by Gasteiger charge is -2.49. The Morgan fingerprint density at radius 2 is 0.209 bits per heavy atom. The van der Waals surface area contributed by atoms with Crippen molar-refractivity contribution in [1.29, 1.82) is 0 Å². The van der Waals surface area contributed by atoms with Gasteiger partial charge in [-0.25, -0.2) is 0 Å². The molecule has 38 fully saturated rings. The molecule has 0 aromatic carbocycles. The van der Waals surface area contributed by atoms with E-state index in [4.69, 9.17) is 0 Å². The lowest BCUT2D eigenvalue weighted by Crippen LogP contribution is -2.38. The number of hydrogen-bond donors (Lipinski definition) is 0. The average Bonchev–Trinajstić information content (AvgIpc) is 1.39. The Labute approximate surface area is 840 Å². The third-order valence-corrected chi connectivity index (χ3v) is 45.2. The van der Waals surface area contributed by atoms with Crippen LogP contribution in [0, 0.1) is 159 Å². The molecule has 38 aliphatic carbocycles. The minimum atomic E-state index is 0.858. The lowest BCUT2D eigenvalue weighted by atomic mass is 9.56. The highest BCUT2D eigenvalue weighted by atomic mass is 14.5. The van der Waals surface area contributed by atoms with E-state index < -0.39 is 0 Å². The van der Waals surface area contributed by atoms with Gasteiger partial charge in [-0.05, 0) is 313 Å². The summed E-state index contributed by atoms with van der Waals surface area (Å²) in [6.07, 6.45) is 165. The minimum Gasteiger partial charge on any atom is -0.0533 e. The molecule has 0 heterocycles. The van der Waals surface area contributed by atoms with Crippen LogP contribution in [-0.4, -0.2) is 0 Å². The summed E-state index contributed by atoms with van der Waals surface area (Å²) >= 11 is 0. The lowest BCUT2D eigenvalue weighted by molar-refractivity contribution is 0.0197. The van der Waals surface area contributed by atoms with Gasteiger partial charge in [0, 0.05) is 0 Å². The molecule has 0 heteroatoms. The van der Waals surface area contributed by atoms with Crippen LogP contribution in [0.5, 0.6) is 0 Å². The molecule has 0 aromatic rings. The van der Waals surface area contributed by atoms with Gasteiger partial charge in [0.15, 0.2) is 0 Å². The van der Waals surface area contributed by atoms with E-state index in [1.807, 2.05) is 0 Å². The van der Waals surface area contributed by atoms with E-state index in [9.17, 15) is 0 Å². The van der Waals surface area contributed by atoms with E-state index in [1.165, 1.54) is 459 Å². The van der Waals surface area contributed by atoms with Crippen LogP contribution in [0.15, 0.2) is 0 Å². The summed E-state index contributed by atoms with van der Waals surface area (Å²) in [6.45, 7) is 0. The van der Waals surface area contributed by atoms with Gasteiger partial charge in [-0.3, -0.25) is 0 Å². The van der Waals surface area contributed by atoms with Crippen molar-refractivity contribution in [3.05, 3.63) is 0 Å². The first-order valence-electron chi connectivity index (χ1n) is 66.4. The Morgan fingerprint density at radius 1 is 0.0746 bits per heavy atom. The van der Waals surface area contributed by atoms with E-state index >= 15 is 0 Å². The largest absolute Gasteiger partial charge is 0.0533 e. The van der Waals surface area contributed by atoms with Crippen molar-refractivity contribution >= 4 is 0 Å². The predicted octanol–water partition coefficient (Wildman–Crippen LogP) is 44.9. The molecule has 0 nitrogen and oxygen atoms in total. The van der Waals surface area contributed by atoms with Crippen LogP contribution in [0.4, 0.5) is 0 Å². The summed E-state index contributed by atoms with van der Waals surface area (Å²) in [5, 5.41) is 0. The molecule has 1 spiro atoms. The number of hydrogen-bond acceptors (Lipinski definition) is 0. The summed E-state index contributed by atoms with van der Waals surface area (Å²) < 4.78 is 0. The van der Waals surface area contributed by atoms with Gasteiger partial charge in [-0.1, -0.05) is 533 Å². The second-order valence-electron chi connectivity index (χ2n) is 56.1. The van der Waals surface area contributed by atoms with Crippen molar-refractivity contribution in [2.75, 3.05) is 0 Å². The highest BCUT2D eigenvalue weighted by Gasteiger charge is 2.46. The maximum atomic E-state index is 1.60. The van der Waals surface area contributed by atoms with Gasteiger partial charge in [0.05, 0.1) is 0 Å². The Kier molecular flexibility index (Phi) is 51.3. The molecular weight excluding hydrogens is 1610 g/mol. The van der Waals surface area contributed by atoms with Gasteiger partial charge < -0.3 is 0 Å². The van der Waals surface area contributed by atoms with Crippen LogP contribution < -0.4 is 0 Å². The molecule has 14 bridgehead atoms. The van der Waals surface area contributed by atoms with E-state index in [-0.39, 0.29) is 0 Å². The Morgan fingerprint density at radius 3 is 0.328 bits per heavy atom. The molecule has 38 rings (SSSR count). The zero-order valence-electron chi connectivity index (χ0n) is 91.2. The molecule has 38 saturated carbocycles. The van der Waals surface area contributed by atoms with Crippen LogP contribution in [-0.2, 0) is 0 Å². The second-order valence-corrected chi connectivity index (χ2v) is 56.1. The van der Waals surface area contributed by atoms with Gasteiger partial charge in [-0.2, -0.15) is 0 Å². The highest BCUT2D eigenvalue weighted by Crippen LogP contribution is 2.58. The summed E-state index contributed by atoms with van der Waals surface area (Å²) in [5.41, 5.74) is 0.858.